The fourth-order valence-corrected chi connectivity index (χ4v) is 4.41. The van der Waals surface area contributed by atoms with Gasteiger partial charge in [-0.1, -0.05) is 51.3 Å². The van der Waals surface area contributed by atoms with E-state index in [1.165, 1.54) is 65.4 Å². The third-order valence-corrected chi connectivity index (χ3v) is 6.64. The molecular formula is C30H45N3. The van der Waals surface area contributed by atoms with Gasteiger partial charge in [0.05, 0.1) is 0 Å². The van der Waals surface area contributed by atoms with Gasteiger partial charge in [0.25, 0.3) is 0 Å². The molecule has 180 valence electrons. The maximum atomic E-state index is 3.68. The van der Waals surface area contributed by atoms with Crippen LogP contribution in [0.15, 0.2) is 61.8 Å². The molecule has 3 rings (SSSR count). The minimum absolute atomic E-state index is 0.519. The Morgan fingerprint density at radius 3 is 2.55 bits per heavy atom. The molecule has 0 amide bonds. The van der Waals surface area contributed by atoms with Crippen LogP contribution < -0.4 is 5.32 Å². The van der Waals surface area contributed by atoms with Gasteiger partial charge in [-0.25, -0.2) is 0 Å². The summed E-state index contributed by atoms with van der Waals surface area (Å²) in [5.41, 5.74) is 6.93. The van der Waals surface area contributed by atoms with Crippen molar-refractivity contribution in [3.8, 4) is 0 Å². The van der Waals surface area contributed by atoms with Crippen molar-refractivity contribution in [1.29, 1.82) is 0 Å². The zero-order valence-electron chi connectivity index (χ0n) is 21.4. The quantitative estimate of drug-likeness (QED) is 0.205. The Morgan fingerprint density at radius 1 is 0.970 bits per heavy atom. The maximum Gasteiger partial charge on any atom is 0.0457 e. The van der Waals surface area contributed by atoms with Gasteiger partial charge >= 0.3 is 0 Å². The van der Waals surface area contributed by atoms with Crippen molar-refractivity contribution in [3.05, 3.63) is 78.5 Å². The molecule has 3 aromatic rings. The van der Waals surface area contributed by atoms with Gasteiger partial charge in [0.15, 0.2) is 0 Å². The Kier molecular flexibility index (Phi) is 11.8. The molecule has 2 N–H and O–H groups in total. The van der Waals surface area contributed by atoms with E-state index < -0.39 is 0 Å². The van der Waals surface area contributed by atoms with E-state index in [4.69, 9.17) is 0 Å². The fourth-order valence-electron chi connectivity index (χ4n) is 4.41. The Hall–Kier alpha value is -2.52. The number of unbranched alkanes of at least 4 members (excludes halogenated alkanes) is 3. The minimum Gasteiger partial charge on any atom is -0.385 e. The van der Waals surface area contributed by atoms with Gasteiger partial charge in [0.2, 0.25) is 0 Å². The van der Waals surface area contributed by atoms with Crippen LogP contribution in [0, 0.1) is 0 Å². The summed E-state index contributed by atoms with van der Waals surface area (Å²) in [5, 5.41) is 5.02. The number of aromatic amines is 1. The average molecular weight is 448 g/mol. The van der Waals surface area contributed by atoms with E-state index in [9.17, 15) is 0 Å². The van der Waals surface area contributed by atoms with Gasteiger partial charge in [-0.05, 0) is 80.6 Å². The second kappa shape index (κ2) is 14.6. The number of aromatic nitrogens is 1. The van der Waals surface area contributed by atoms with Gasteiger partial charge < -0.3 is 10.3 Å². The van der Waals surface area contributed by atoms with Crippen molar-refractivity contribution >= 4 is 16.6 Å². The molecule has 1 atom stereocenters. The van der Waals surface area contributed by atoms with Crippen LogP contribution in [-0.2, 0) is 19.4 Å². The van der Waals surface area contributed by atoms with Crippen molar-refractivity contribution in [2.24, 2.45) is 0 Å². The molecule has 0 fully saturated rings. The zero-order chi connectivity index (χ0) is 24.1. The largest absolute Gasteiger partial charge is 0.385 e. The standard InChI is InChI=1S/C28H41N3.C2H4/c1-5-7-8-9-11-24-20-26(15-14-23(24)6-2)29-18-16-22(3)31(4)21-25-12-10-13-28-27(25)17-19-30-28;1-2/h10,12-15,17,19-20,22,29-30H,5-9,11,16,18,21H2,1-4H3;1-2H2. The molecule has 3 nitrogen and oxygen atoms in total. The number of nitrogens with one attached hydrogen (secondary N) is 2. The Labute approximate surface area is 202 Å². The Balaban J connectivity index is 0.00000187. The summed E-state index contributed by atoms with van der Waals surface area (Å²) in [7, 11) is 2.24. The van der Waals surface area contributed by atoms with Crippen LogP contribution in [0.25, 0.3) is 10.9 Å². The second-order valence-electron chi connectivity index (χ2n) is 8.98. The number of hydrogen-bond acceptors (Lipinski definition) is 2. The van der Waals surface area contributed by atoms with Crippen molar-refractivity contribution < 1.29 is 0 Å². The minimum atomic E-state index is 0.519. The number of H-pyrrole nitrogens is 1. The number of aryl methyl sites for hydroxylation is 2. The van der Waals surface area contributed by atoms with E-state index in [0.29, 0.717) is 6.04 Å². The van der Waals surface area contributed by atoms with E-state index in [1.54, 1.807) is 0 Å². The summed E-state index contributed by atoms with van der Waals surface area (Å²) in [6.07, 6.45) is 10.8. The number of benzene rings is 2. The van der Waals surface area contributed by atoms with Crippen LogP contribution in [0.5, 0.6) is 0 Å². The SMILES string of the molecule is C=C.CCCCCCc1cc(NCCC(C)N(C)Cc2cccc3[nH]ccc23)ccc1CC. The molecule has 1 aromatic heterocycles. The molecule has 0 saturated heterocycles. The monoisotopic (exact) mass is 447 g/mol. The summed E-state index contributed by atoms with van der Waals surface area (Å²) < 4.78 is 0. The number of rotatable bonds is 13. The van der Waals surface area contributed by atoms with Crippen LogP contribution >= 0.6 is 0 Å². The first-order valence-electron chi connectivity index (χ1n) is 12.7. The lowest BCUT2D eigenvalue weighted by atomic mass is 9.98. The molecule has 33 heavy (non-hydrogen) atoms. The van der Waals surface area contributed by atoms with E-state index in [-0.39, 0.29) is 0 Å². The first-order valence-corrected chi connectivity index (χ1v) is 12.7. The number of nitrogens with zero attached hydrogens (tertiary/aromatic N) is 1. The van der Waals surface area contributed by atoms with Gasteiger partial charge in [0.1, 0.15) is 0 Å². The average Bonchev–Trinajstić information content (AvgIpc) is 3.33. The molecule has 0 radical (unpaired) electrons. The van der Waals surface area contributed by atoms with Crippen molar-refractivity contribution in [2.75, 3.05) is 18.9 Å². The number of fused-ring (bicyclic) bond motifs is 1. The fraction of sp³-hybridized carbons (Fsp3) is 0.467. The molecule has 0 aliphatic rings. The van der Waals surface area contributed by atoms with Gasteiger partial charge in [0, 0.05) is 41.9 Å². The van der Waals surface area contributed by atoms with Crippen LogP contribution in [0.1, 0.15) is 69.6 Å². The van der Waals surface area contributed by atoms with Crippen molar-refractivity contribution in [1.82, 2.24) is 9.88 Å². The van der Waals surface area contributed by atoms with Crippen molar-refractivity contribution in [3.63, 3.8) is 0 Å². The van der Waals surface area contributed by atoms with E-state index in [0.717, 1.165) is 25.9 Å². The van der Waals surface area contributed by atoms with Gasteiger partial charge in [-0.2, -0.15) is 0 Å². The maximum absolute atomic E-state index is 3.68. The predicted octanol–water partition coefficient (Wildman–Crippen LogP) is 7.98. The van der Waals surface area contributed by atoms with Crippen molar-refractivity contribution in [2.45, 2.75) is 78.3 Å². The summed E-state index contributed by atoms with van der Waals surface area (Å²) in [5.74, 6) is 0. The first kappa shape index (κ1) is 26.7. The van der Waals surface area contributed by atoms with E-state index in [2.05, 4.69) is 98.6 Å². The Morgan fingerprint density at radius 2 is 1.79 bits per heavy atom. The van der Waals surface area contributed by atoms with Gasteiger partial charge in [-0.3, -0.25) is 4.90 Å². The van der Waals surface area contributed by atoms with E-state index in [1.807, 2.05) is 6.20 Å². The molecule has 1 heterocycles. The summed E-state index contributed by atoms with van der Waals surface area (Å²) in [4.78, 5) is 5.78. The molecular weight excluding hydrogens is 402 g/mol. The lowest BCUT2D eigenvalue weighted by molar-refractivity contribution is 0.242. The lowest BCUT2D eigenvalue weighted by Gasteiger charge is -2.25. The van der Waals surface area contributed by atoms with Crippen LogP contribution in [0.2, 0.25) is 0 Å². The molecule has 1 unspecified atom stereocenters. The third-order valence-electron chi connectivity index (χ3n) is 6.64. The predicted molar refractivity (Wildman–Crippen MR) is 147 cm³/mol. The molecule has 0 aliphatic heterocycles. The van der Waals surface area contributed by atoms with Crippen LogP contribution in [-0.4, -0.2) is 29.5 Å². The number of hydrogen-bond donors (Lipinski definition) is 2. The first-order chi connectivity index (χ1) is 16.1. The second-order valence-corrected chi connectivity index (χ2v) is 8.98. The molecule has 0 saturated carbocycles. The third kappa shape index (κ3) is 8.08. The highest BCUT2D eigenvalue weighted by molar-refractivity contribution is 5.82. The highest BCUT2D eigenvalue weighted by Gasteiger charge is 2.12. The molecule has 0 spiro atoms. The normalized spacial score (nSPS) is 11.9. The summed E-state index contributed by atoms with van der Waals surface area (Å²) in [6, 6.07) is 16.2. The molecule has 2 aromatic carbocycles. The number of anilines is 1. The lowest BCUT2D eigenvalue weighted by Crippen LogP contribution is -2.30. The highest BCUT2D eigenvalue weighted by Crippen LogP contribution is 2.21. The van der Waals surface area contributed by atoms with E-state index >= 15 is 0 Å². The smallest absolute Gasteiger partial charge is 0.0457 e. The zero-order valence-corrected chi connectivity index (χ0v) is 21.4. The summed E-state index contributed by atoms with van der Waals surface area (Å²) in [6.45, 7) is 14.9. The van der Waals surface area contributed by atoms with Crippen LogP contribution in [0.4, 0.5) is 5.69 Å². The summed E-state index contributed by atoms with van der Waals surface area (Å²) >= 11 is 0. The van der Waals surface area contributed by atoms with Gasteiger partial charge in [-0.15, -0.1) is 13.2 Å². The Bertz CT molecular complexity index is 943. The molecule has 3 heteroatoms. The van der Waals surface area contributed by atoms with Crippen LogP contribution in [0.3, 0.4) is 0 Å². The highest BCUT2D eigenvalue weighted by atomic mass is 15.1. The molecule has 0 aliphatic carbocycles. The molecule has 0 bridgehead atoms. The topological polar surface area (TPSA) is 31.1 Å².